The molecule has 2 aromatic carbocycles. The van der Waals surface area contributed by atoms with Gasteiger partial charge in [0.05, 0.1) is 6.61 Å². The van der Waals surface area contributed by atoms with Crippen LogP contribution in [0.1, 0.15) is 67.9 Å². The van der Waals surface area contributed by atoms with E-state index in [1.54, 1.807) is 29.0 Å². The highest BCUT2D eigenvalue weighted by molar-refractivity contribution is 6.30. The molecular weight excluding hydrogens is 504 g/mol. The van der Waals surface area contributed by atoms with E-state index in [4.69, 9.17) is 20.9 Å². The van der Waals surface area contributed by atoms with Crippen molar-refractivity contribution in [3.8, 4) is 11.4 Å². The van der Waals surface area contributed by atoms with Crippen LogP contribution in [-0.2, 0) is 14.9 Å². The van der Waals surface area contributed by atoms with Gasteiger partial charge in [0, 0.05) is 36.3 Å². The molecule has 1 unspecified atom stereocenters. The van der Waals surface area contributed by atoms with Gasteiger partial charge in [-0.25, -0.2) is 0 Å². The van der Waals surface area contributed by atoms with Crippen LogP contribution in [0.2, 0.25) is 5.02 Å². The minimum Gasteiger partial charge on any atom is -0.383 e. The Morgan fingerprint density at radius 2 is 1.82 bits per heavy atom. The number of hydrogen-bond donors (Lipinski definition) is 0. The van der Waals surface area contributed by atoms with E-state index in [0.717, 1.165) is 24.0 Å². The molecule has 0 N–H and O–H groups in total. The molecule has 4 rings (SSSR count). The summed E-state index contributed by atoms with van der Waals surface area (Å²) in [5.74, 6) is 0.490. The molecule has 1 atom stereocenters. The van der Waals surface area contributed by atoms with E-state index >= 15 is 0 Å². The Hall–Kier alpha value is -3.23. The fourth-order valence-corrected chi connectivity index (χ4v) is 4.70. The fourth-order valence-electron chi connectivity index (χ4n) is 4.58. The van der Waals surface area contributed by atoms with Gasteiger partial charge in [-0.2, -0.15) is 4.98 Å². The first-order chi connectivity index (χ1) is 18.2. The molecule has 8 nitrogen and oxygen atoms in total. The average molecular weight is 539 g/mol. The van der Waals surface area contributed by atoms with Crippen LogP contribution in [0.25, 0.3) is 11.4 Å². The van der Waals surface area contributed by atoms with Crippen LogP contribution in [-0.4, -0.2) is 65.1 Å². The maximum atomic E-state index is 13.6. The lowest BCUT2D eigenvalue weighted by Crippen LogP contribution is -2.46. The minimum absolute atomic E-state index is 0.0152. The number of likely N-dealkylation sites (tertiary alicyclic amines) is 1. The lowest BCUT2D eigenvalue weighted by Gasteiger charge is -2.35. The van der Waals surface area contributed by atoms with E-state index in [2.05, 4.69) is 30.9 Å². The normalized spacial score (nSPS) is 15.9. The lowest BCUT2D eigenvalue weighted by molar-refractivity contribution is -0.136. The third-order valence-corrected chi connectivity index (χ3v) is 7.08. The highest BCUT2D eigenvalue weighted by Crippen LogP contribution is 2.32. The summed E-state index contributed by atoms with van der Waals surface area (Å²) in [6.45, 7) is 7.53. The highest BCUT2D eigenvalue weighted by atomic mass is 35.5. The molecule has 2 amide bonds. The third kappa shape index (κ3) is 6.60. The second-order valence-electron chi connectivity index (χ2n) is 10.6. The van der Waals surface area contributed by atoms with Crippen molar-refractivity contribution >= 4 is 23.4 Å². The van der Waals surface area contributed by atoms with Crippen LogP contribution in [0.3, 0.4) is 0 Å². The second-order valence-corrected chi connectivity index (χ2v) is 11.0. The summed E-state index contributed by atoms with van der Waals surface area (Å²) in [7, 11) is 1.58. The van der Waals surface area contributed by atoms with E-state index in [-0.39, 0.29) is 29.8 Å². The number of amides is 2. The molecule has 1 aliphatic rings. The SMILES string of the molecule is COCCN(CC(=O)N1CCCCC1c1nc(-c2ccc(Cl)cc2)no1)C(=O)c1ccc(C(C)(C)C)cc1. The number of benzene rings is 2. The van der Waals surface area contributed by atoms with Gasteiger partial charge in [-0.1, -0.05) is 49.7 Å². The number of aromatic nitrogens is 2. The summed E-state index contributed by atoms with van der Waals surface area (Å²) in [5.41, 5.74) is 2.45. The Labute approximate surface area is 228 Å². The number of nitrogens with zero attached hydrogens (tertiary/aromatic N) is 4. The largest absolute Gasteiger partial charge is 0.383 e. The number of halogens is 1. The van der Waals surface area contributed by atoms with Crippen molar-refractivity contribution in [1.82, 2.24) is 19.9 Å². The molecule has 202 valence electrons. The molecular formula is C29H35ClN4O4. The van der Waals surface area contributed by atoms with Gasteiger partial charge in [-0.15, -0.1) is 0 Å². The van der Waals surface area contributed by atoms with Gasteiger partial charge < -0.3 is 19.1 Å². The number of methoxy groups -OCH3 is 1. The smallest absolute Gasteiger partial charge is 0.254 e. The Morgan fingerprint density at radius 3 is 2.47 bits per heavy atom. The standard InChI is InChI=1S/C29H35ClN4O4/c1-29(2,3)22-12-8-21(9-13-22)28(36)33(17-18-37-4)19-25(35)34-16-6-5-7-24(34)27-31-26(32-38-27)20-10-14-23(30)15-11-20/h8-15,24H,5-7,16-19H2,1-4H3. The molecule has 1 fully saturated rings. The summed E-state index contributed by atoms with van der Waals surface area (Å²) in [6, 6.07) is 14.5. The molecule has 9 heteroatoms. The predicted molar refractivity (Wildman–Crippen MR) is 146 cm³/mol. The van der Waals surface area contributed by atoms with Crippen molar-refractivity contribution in [2.75, 3.05) is 33.4 Å². The van der Waals surface area contributed by atoms with Crippen molar-refractivity contribution in [2.45, 2.75) is 51.5 Å². The number of ether oxygens (including phenoxy) is 1. The second kappa shape index (κ2) is 12.1. The molecule has 3 aromatic rings. The van der Waals surface area contributed by atoms with Crippen molar-refractivity contribution in [3.05, 3.63) is 70.6 Å². The quantitative estimate of drug-likeness (QED) is 0.374. The van der Waals surface area contributed by atoms with Gasteiger partial charge in [0.1, 0.15) is 12.6 Å². The monoisotopic (exact) mass is 538 g/mol. The van der Waals surface area contributed by atoms with Crippen LogP contribution in [0.15, 0.2) is 53.1 Å². The molecule has 0 bridgehead atoms. The molecule has 1 saturated heterocycles. The zero-order chi connectivity index (χ0) is 27.3. The van der Waals surface area contributed by atoms with Crippen molar-refractivity contribution < 1.29 is 18.8 Å². The highest BCUT2D eigenvalue weighted by Gasteiger charge is 2.33. The third-order valence-electron chi connectivity index (χ3n) is 6.83. The zero-order valence-electron chi connectivity index (χ0n) is 22.4. The molecule has 0 aliphatic carbocycles. The van der Waals surface area contributed by atoms with Gasteiger partial charge in [-0.05, 0) is 66.6 Å². The Bertz CT molecular complexity index is 1230. The van der Waals surface area contributed by atoms with Crippen LogP contribution >= 0.6 is 11.6 Å². The van der Waals surface area contributed by atoms with Gasteiger partial charge >= 0.3 is 0 Å². The maximum Gasteiger partial charge on any atom is 0.254 e. The summed E-state index contributed by atoms with van der Waals surface area (Å²) in [5, 5.41) is 4.75. The number of piperidine rings is 1. The molecule has 2 heterocycles. The maximum absolute atomic E-state index is 13.6. The van der Waals surface area contributed by atoms with Gasteiger partial charge in [0.25, 0.3) is 5.91 Å². The first-order valence-corrected chi connectivity index (χ1v) is 13.3. The zero-order valence-corrected chi connectivity index (χ0v) is 23.2. The number of carbonyl (C=O) groups excluding carboxylic acids is 2. The Morgan fingerprint density at radius 1 is 1.11 bits per heavy atom. The molecule has 0 radical (unpaired) electrons. The Kier molecular flexibility index (Phi) is 8.84. The summed E-state index contributed by atoms with van der Waals surface area (Å²) >= 11 is 6.00. The fraction of sp³-hybridized carbons (Fsp3) is 0.448. The minimum atomic E-state index is -0.338. The van der Waals surface area contributed by atoms with Gasteiger partial charge in [-0.3, -0.25) is 9.59 Å². The van der Waals surface area contributed by atoms with Crippen LogP contribution in [0, 0.1) is 0 Å². The average Bonchev–Trinajstić information content (AvgIpc) is 3.41. The van der Waals surface area contributed by atoms with Gasteiger partial charge in [0.15, 0.2) is 0 Å². The lowest BCUT2D eigenvalue weighted by atomic mass is 9.86. The van der Waals surface area contributed by atoms with Crippen LogP contribution in [0.5, 0.6) is 0 Å². The van der Waals surface area contributed by atoms with Crippen molar-refractivity contribution in [3.63, 3.8) is 0 Å². The van der Waals surface area contributed by atoms with E-state index in [1.807, 2.05) is 36.4 Å². The first kappa shape index (κ1) is 27.8. The summed E-state index contributed by atoms with van der Waals surface area (Å²) in [4.78, 5) is 34.9. The topological polar surface area (TPSA) is 88.8 Å². The molecule has 0 saturated carbocycles. The van der Waals surface area contributed by atoms with Crippen molar-refractivity contribution in [1.29, 1.82) is 0 Å². The van der Waals surface area contributed by atoms with E-state index in [9.17, 15) is 9.59 Å². The van der Waals surface area contributed by atoms with E-state index in [1.165, 1.54) is 0 Å². The number of hydrogen-bond acceptors (Lipinski definition) is 6. The number of carbonyl (C=O) groups is 2. The first-order valence-electron chi connectivity index (χ1n) is 12.9. The number of rotatable bonds is 8. The van der Waals surface area contributed by atoms with Crippen molar-refractivity contribution in [2.24, 2.45) is 0 Å². The Balaban J connectivity index is 1.51. The van der Waals surface area contributed by atoms with E-state index < -0.39 is 0 Å². The van der Waals surface area contributed by atoms with Crippen LogP contribution in [0.4, 0.5) is 0 Å². The van der Waals surface area contributed by atoms with Crippen LogP contribution < -0.4 is 0 Å². The molecule has 1 aromatic heterocycles. The molecule has 0 spiro atoms. The summed E-state index contributed by atoms with van der Waals surface area (Å²) < 4.78 is 10.8. The molecule has 38 heavy (non-hydrogen) atoms. The summed E-state index contributed by atoms with van der Waals surface area (Å²) in [6.07, 6.45) is 2.54. The van der Waals surface area contributed by atoms with Gasteiger partial charge in [0.2, 0.25) is 17.6 Å². The predicted octanol–water partition coefficient (Wildman–Crippen LogP) is 5.53. The van der Waals surface area contributed by atoms with E-state index in [0.29, 0.717) is 48.4 Å². The molecule has 1 aliphatic heterocycles.